The number of aliphatic hydroxyl groups is 1. The van der Waals surface area contributed by atoms with Crippen molar-refractivity contribution in [2.24, 2.45) is 5.16 Å². The summed E-state index contributed by atoms with van der Waals surface area (Å²) in [5, 5.41) is 17.6. The summed E-state index contributed by atoms with van der Waals surface area (Å²) in [7, 11) is 0. The lowest BCUT2D eigenvalue weighted by atomic mass is 9.73. The first kappa shape index (κ1) is 31.0. The van der Waals surface area contributed by atoms with Gasteiger partial charge < -0.3 is 9.94 Å². The Morgan fingerprint density at radius 3 is 2.29 bits per heavy atom. The quantitative estimate of drug-likeness (QED) is 0.278. The molecular formula is C26H21ClF6N4O5. The minimum atomic E-state index is -5.07. The number of hydrogen-bond donors (Lipinski definition) is 1. The van der Waals surface area contributed by atoms with E-state index in [2.05, 4.69) is 15.1 Å². The number of halogens is 7. The van der Waals surface area contributed by atoms with Gasteiger partial charge in [-0.1, -0.05) is 35.0 Å². The van der Waals surface area contributed by atoms with Crippen molar-refractivity contribution in [3.63, 3.8) is 0 Å². The smallest absolute Gasteiger partial charge is 0.382 e. The van der Waals surface area contributed by atoms with Gasteiger partial charge in [-0.3, -0.25) is 9.36 Å². The average Bonchev–Trinajstić information content (AvgIpc) is 3.47. The van der Waals surface area contributed by atoms with Gasteiger partial charge in [-0.2, -0.15) is 26.3 Å². The zero-order chi connectivity index (χ0) is 31.0. The van der Waals surface area contributed by atoms with Crippen molar-refractivity contribution in [2.75, 3.05) is 0 Å². The lowest BCUT2D eigenvalue weighted by Gasteiger charge is -2.29. The number of Topliss-reactive ketones (excluding diaryl/α,β-unsaturated/α-hetero) is 1. The fourth-order valence-electron chi connectivity index (χ4n) is 4.43. The minimum Gasteiger partial charge on any atom is -0.382 e. The van der Waals surface area contributed by atoms with Crippen molar-refractivity contribution < 1.29 is 45.9 Å². The molecule has 2 heterocycles. The van der Waals surface area contributed by atoms with Gasteiger partial charge in [-0.25, -0.2) is 14.3 Å². The van der Waals surface area contributed by atoms with E-state index in [4.69, 9.17) is 11.6 Å². The van der Waals surface area contributed by atoms with E-state index >= 15 is 0 Å². The molecule has 3 aromatic rings. The van der Waals surface area contributed by atoms with Crippen LogP contribution in [0, 0.1) is 0 Å². The molecule has 0 saturated heterocycles. The molecule has 2 atom stereocenters. The second kappa shape index (κ2) is 11.4. The van der Waals surface area contributed by atoms with Gasteiger partial charge in [0, 0.05) is 22.4 Å². The highest BCUT2D eigenvalue weighted by molar-refractivity contribution is 6.30. The highest BCUT2D eigenvalue weighted by atomic mass is 35.5. The van der Waals surface area contributed by atoms with Crippen LogP contribution in [-0.2, 0) is 39.1 Å². The highest BCUT2D eigenvalue weighted by Gasteiger charge is 2.42. The van der Waals surface area contributed by atoms with Crippen molar-refractivity contribution in [1.82, 2.24) is 14.3 Å². The Labute approximate surface area is 237 Å². The summed E-state index contributed by atoms with van der Waals surface area (Å²) in [5.41, 5.74) is -3.67. The van der Waals surface area contributed by atoms with Crippen LogP contribution in [0.3, 0.4) is 0 Å². The molecule has 0 amide bonds. The molecule has 42 heavy (non-hydrogen) atoms. The zero-order valence-electron chi connectivity index (χ0n) is 21.5. The van der Waals surface area contributed by atoms with Crippen molar-refractivity contribution in [1.29, 1.82) is 0 Å². The second-order valence-electron chi connectivity index (χ2n) is 9.74. The SMILES string of the molecule is C[C@](CC(=O)Cn1nc(-c2ccc(Cl)cc2)n(C[C@H](O)C(F)(F)F)c1=O)(C1=NOC(=O)C1)c1cccc(C(F)(F)F)c1. The van der Waals surface area contributed by atoms with Gasteiger partial charge in [0.1, 0.15) is 6.54 Å². The van der Waals surface area contributed by atoms with Crippen molar-refractivity contribution in [2.45, 2.75) is 56.7 Å². The lowest BCUT2D eigenvalue weighted by molar-refractivity contribution is -0.207. The molecule has 1 aliphatic heterocycles. The highest BCUT2D eigenvalue weighted by Crippen LogP contribution is 2.37. The van der Waals surface area contributed by atoms with Crippen LogP contribution in [0.4, 0.5) is 26.3 Å². The van der Waals surface area contributed by atoms with E-state index in [1.165, 1.54) is 37.3 Å². The Morgan fingerprint density at radius 2 is 1.71 bits per heavy atom. The number of nitrogens with zero attached hydrogens (tertiary/aromatic N) is 4. The number of hydrogen-bond acceptors (Lipinski definition) is 7. The summed E-state index contributed by atoms with van der Waals surface area (Å²) in [6, 6.07) is 9.58. The van der Waals surface area contributed by atoms with Crippen LogP contribution in [0.5, 0.6) is 0 Å². The Hall–Kier alpha value is -3.98. The molecule has 0 saturated carbocycles. The molecule has 0 radical (unpaired) electrons. The summed E-state index contributed by atoms with van der Waals surface area (Å²) >= 11 is 5.87. The standard InChI is InChI=1S/C26H21ClF6N4O5/c1-24(19-10-21(40)42-35-19,15-3-2-4-16(9-15)25(28,29)30)11-18(38)12-37-23(41)36(13-20(39)26(31,32)33)22(34-37)14-5-7-17(27)8-6-14/h2-9,20,39H,10-13H2,1H3/t20-,24+/m0/s1. The Balaban J connectivity index is 1.71. The minimum absolute atomic E-state index is 0.0178. The molecule has 224 valence electrons. The third-order valence-electron chi connectivity index (χ3n) is 6.67. The maximum absolute atomic E-state index is 13.4. The van der Waals surface area contributed by atoms with Gasteiger partial charge in [0.05, 0.1) is 24.2 Å². The molecule has 2 aromatic carbocycles. The fourth-order valence-corrected chi connectivity index (χ4v) is 4.55. The first-order valence-corrected chi connectivity index (χ1v) is 12.5. The van der Waals surface area contributed by atoms with Crippen LogP contribution in [0.1, 0.15) is 30.9 Å². The molecule has 9 nitrogen and oxygen atoms in total. The maximum atomic E-state index is 13.4. The largest absolute Gasteiger partial charge is 0.416 e. The molecule has 0 fully saturated rings. The molecular weight excluding hydrogens is 598 g/mol. The number of benzene rings is 2. The lowest BCUT2D eigenvalue weighted by Crippen LogP contribution is -2.39. The Morgan fingerprint density at radius 1 is 1.07 bits per heavy atom. The molecule has 1 N–H and O–H groups in total. The van der Waals surface area contributed by atoms with Crippen molar-refractivity contribution in [3.05, 3.63) is 75.2 Å². The predicted octanol–water partition coefficient (Wildman–Crippen LogP) is 4.53. The molecule has 0 aliphatic carbocycles. The van der Waals surface area contributed by atoms with Crippen LogP contribution < -0.4 is 5.69 Å². The molecule has 0 bridgehead atoms. The predicted molar refractivity (Wildman–Crippen MR) is 136 cm³/mol. The number of ketones is 1. The molecule has 16 heteroatoms. The number of rotatable bonds is 9. The molecule has 0 unspecified atom stereocenters. The maximum Gasteiger partial charge on any atom is 0.416 e. The van der Waals surface area contributed by atoms with E-state index in [0.29, 0.717) is 9.25 Å². The van der Waals surface area contributed by atoms with Gasteiger partial charge in [0.15, 0.2) is 17.7 Å². The van der Waals surface area contributed by atoms with E-state index in [-0.39, 0.29) is 27.7 Å². The van der Waals surface area contributed by atoms with Crippen LogP contribution in [0.25, 0.3) is 11.4 Å². The number of carbonyl (C=O) groups excluding carboxylic acids is 2. The van der Waals surface area contributed by atoms with E-state index < -0.39 is 72.8 Å². The van der Waals surface area contributed by atoms with Gasteiger partial charge in [-0.05, 0) is 42.8 Å². The van der Waals surface area contributed by atoms with Crippen LogP contribution in [-0.4, -0.2) is 49.2 Å². The van der Waals surface area contributed by atoms with Crippen LogP contribution in [0.15, 0.2) is 58.5 Å². The van der Waals surface area contributed by atoms with Crippen LogP contribution in [0.2, 0.25) is 5.02 Å². The Kier molecular flexibility index (Phi) is 8.38. The number of oxime groups is 1. The van der Waals surface area contributed by atoms with Gasteiger partial charge in [-0.15, -0.1) is 5.10 Å². The summed E-state index contributed by atoms with van der Waals surface area (Å²) in [5.74, 6) is -1.86. The second-order valence-corrected chi connectivity index (χ2v) is 10.2. The monoisotopic (exact) mass is 618 g/mol. The Bertz CT molecular complexity index is 1600. The number of aromatic nitrogens is 3. The summed E-state index contributed by atoms with van der Waals surface area (Å²) in [6.45, 7) is -0.654. The van der Waals surface area contributed by atoms with Gasteiger partial charge in [0.2, 0.25) is 0 Å². The topological polar surface area (TPSA) is 116 Å². The zero-order valence-corrected chi connectivity index (χ0v) is 22.3. The average molecular weight is 619 g/mol. The van der Waals surface area contributed by atoms with Crippen molar-refractivity contribution in [3.8, 4) is 11.4 Å². The number of alkyl halides is 6. The van der Waals surface area contributed by atoms with Gasteiger partial charge in [0.25, 0.3) is 0 Å². The summed E-state index contributed by atoms with van der Waals surface area (Å²) < 4.78 is 80.8. The van der Waals surface area contributed by atoms with E-state index in [9.17, 15) is 45.8 Å². The molecule has 1 aromatic heterocycles. The first-order valence-electron chi connectivity index (χ1n) is 12.1. The number of aliphatic hydroxyl groups excluding tert-OH is 1. The van der Waals surface area contributed by atoms with E-state index in [1.807, 2.05) is 0 Å². The van der Waals surface area contributed by atoms with E-state index in [0.717, 1.165) is 18.2 Å². The molecule has 0 spiro atoms. The number of carbonyl (C=O) groups is 2. The molecule has 4 rings (SSSR count). The van der Waals surface area contributed by atoms with Crippen molar-refractivity contribution >= 4 is 29.1 Å². The fraction of sp³-hybridized carbons (Fsp3) is 0.346. The summed E-state index contributed by atoms with van der Waals surface area (Å²) in [4.78, 5) is 42.8. The summed E-state index contributed by atoms with van der Waals surface area (Å²) in [6.07, 6.45) is -13.7. The van der Waals surface area contributed by atoms with E-state index in [1.54, 1.807) is 0 Å². The van der Waals surface area contributed by atoms with Crippen LogP contribution >= 0.6 is 11.6 Å². The molecule has 1 aliphatic rings. The third kappa shape index (κ3) is 6.57. The first-order chi connectivity index (χ1) is 19.5. The van der Waals surface area contributed by atoms with Gasteiger partial charge >= 0.3 is 24.0 Å². The normalized spacial score (nSPS) is 16.1. The third-order valence-corrected chi connectivity index (χ3v) is 6.92.